The molecule has 7 nitrogen and oxygen atoms in total. The average Bonchev–Trinajstić information content (AvgIpc) is 3.01. The van der Waals surface area contributed by atoms with Crippen LogP contribution in [-0.4, -0.2) is 33.2 Å². The Morgan fingerprint density at radius 3 is 2.77 bits per heavy atom. The lowest BCUT2D eigenvalue weighted by atomic mass is 10.2. The van der Waals surface area contributed by atoms with Gasteiger partial charge in [-0.2, -0.15) is 0 Å². The lowest BCUT2D eigenvalue weighted by Gasteiger charge is -2.15. The number of rotatable bonds is 6. The fraction of sp³-hybridized carbons (Fsp3) is 0.333. The number of hydrogen-bond donors (Lipinski definition) is 1. The highest BCUT2D eigenvalue weighted by atomic mass is 32.2. The number of nitrogens with one attached hydrogen (secondary N) is 1. The van der Waals surface area contributed by atoms with Gasteiger partial charge in [-0.1, -0.05) is 23.9 Å². The summed E-state index contributed by atoms with van der Waals surface area (Å²) in [5.74, 6) is 0.551. The predicted octanol–water partition coefficient (Wildman–Crippen LogP) is 3.81. The number of fused-ring (bicyclic) bond motifs is 2. The van der Waals surface area contributed by atoms with Crippen LogP contribution >= 0.6 is 23.1 Å². The Hall–Kier alpha value is -2.49. The van der Waals surface area contributed by atoms with Crippen LogP contribution in [0.3, 0.4) is 0 Å². The second kappa shape index (κ2) is 8.33. The monoisotopic (exact) mass is 442 g/mol. The molecule has 3 heterocycles. The van der Waals surface area contributed by atoms with Crippen molar-refractivity contribution in [2.45, 2.75) is 37.7 Å². The van der Waals surface area contributed by atoms with E-state index < -0.39 is 0 Å². The van der Waals surface area contributed by atoms with Gasteiger partial charge in [-0.3, -0.25) is 14.2 Å². The second-order valence-electron chi connectivity index (χ2n) is 7.04. The Morgan fingerprint density at radius 1 is 1.23 bits per heavy atom. The summed E-state index contributed by atoms with van der Waals surface area (Å²) in [6.45, 7) is 6.71. The molecule has 30 heavy (non-hydrogen) atoms. The van der Waals surface area contributed by atoms with Crippen LogP contribution in [0.2, 0.25) is 0 Å². The van der Waals surface area contributed by atoms with Gasteiger partial charge in [-0.05, 0) is 38.5 Å². The number of H-pyrrole nitrogens is 1. The van der Waals surface area contributed by atoms with Crippen molar-refractivity contribution in [1.29, 1.82) is 0 Å². The molecule has 0 bridgehead atoms. The van der Waals surface area contributed by atoms with Gasteiger partial charge < -0.3 is 9.72 Å². The van der Waals surface area contributed by atoms with Gasteiger partial charge in [-0.15, -0.1) is 11.3 Å². The van der Waals surface area contributed by atoms with Gasteiger partial charge in [0.15, 0.2) is 5.16 Å². The zero-order chi connectivity index (χ0) is 21.4. The first kappa shape index (κ1) is 20.8. The standard InChI is InChI=1S/C21H22N4O3S2/c1-11-12(2)29-19-16(11)20(27)25(9-10-28-4)21(24-19)30-13(3)17-22-15-8-6-5-7-14(15)18(26)23-17/h5-8,13H,9-10H2,1-4H3,(H,22,23,26). The van der Waals surface area contributed by atoms with Gasteiger partial charge in [0.2, 0.25) is 0 Å². The van der Waals surface area contributed by atoms with Gasteiger partial charge in [-0.25, -0.2) is 9.97 Å². The minimum Gasteiger partial charge on any atom is -0.383 e. The van der Waals surface area contributed by atoms with E-state index in [0.717, 1.165) is 15.3 Å². The average molecular weight is 443 g/mol. The van der Waals surface area contributed by atoms with Gasteiger partial charge in [0.05, 0.1) is 34.7 Å². The van der Waals surface area contributed by atoms with E-state index in [1.165, 1.54) is 23.1 Å². The topological polar surface area (TPSA) is 89.9 Å². The van der Waals surface area contributed by atoms with E-state index in [-0.39, 0.29) is 16.4 Å². The molecule has 0 saturated heterocycles. The molecule has 1 atom stereocenters. The Kier molecular flexibility index (Phi) is 5.77. The van der Waals surface area contributed by atoms with Crippen molar-refractivity contribution in [3.8, 4) is 0 Å². The molecular formula is C21H22N4O3S2. The van der Waals surface area contributed by atoms with Crippen LogP contribution < -0.4 is 11.1 Å². The summed E-state index contributed by atoms with van der Waals surface area (Å²) in [7, 11) is 1.61. The number of benzene rings is 1. The lowest BCUT2D eigenvalue weighted by Crippen LogP contribution is -2.25. The highest BCUT2D eigenvalue weighted by Gasteiger charge is 2.20. The van der Waals surface area contributed by atoms with E-state index in [1.54, 1.807) is 17.7 Å². The molecule has 0 aliphatic rings. The van der Waals surface area contributed by atoms with Gasteiger partial charge in [0.1, 0.15) is 10.7 Å². The van der Waals surface area contributed by atoms with Crippen molar-refractivity contribution in [2.75, 3.05) is 13.7 Å². The number of hydrogen-bond acceptors (Lipinski definition) is 7. The molecular weight excluding hydrogens is 420 g/mol. The van der Waals surface area contributed by atoms with Crippen molar-refractivity contribution >= 4 is 44.2 Å². The van der Waals surface area contributed by atoms with E-state index in [1.807, 2.05) is 39.0 Å². The number of aromatic amines is 1. The van der Waals surface area contributed by atoms with E-state index >= 15 is 0 Å². The van der Waals surface area contributed by atoms with Crippen molar-refractivity contribution in [1.82, 2.24) is 19.5 Å². The zero-order valence-corrected chi connectivity index (χ0v) is 18.8. The van der Waals surface area contributed by atoms with Crippen molar-refractivity contribution in [3.63, 3.8) is 0 Å². The van der Waals surface area contributed by atoms with Crippen LogP contribution in [0.25, 0.3) is 21.1 Å². The Bertz CT molecular complexity index is 1360. The molecule has 0 fully saturated rings. The minimum atomic E-state index is -0.206. The molecule has 156 valence electrons. The molecule has 9 heteroatoms. The maximum atomic E-state index is 13.2. The van der Waals surface area contributed by atoms with Crippen LogP contribution in [0.1, 0.15) is 28.4 Å². The van der Waals surface area contributed by atoms with Gasteiger partial charge in [0.25, 0.3) is 11.1 Å². The lowest BCUT2D eigenvalue weighted by molar-refractivity contribution is 0.183. The molecule has 0 amide bonds. The number of aromatic nitrogens is 4. The van der Waals surface area contributed by atoms with Crippen molar-refractivity contribution in [2.24, 2.45) is 0 Å². The number of nitrogens with zero attached hydrogens (tertiary/aromatic N) is 3. The molecule has 4 aromatic rings. The number of ether oxygens (including phenoxy) is 1. The van der Waals surface area contributed by atoms with E-state index in [4.69, 9.17) is 9.72 Å². The maximum absolute atomic E-state index is 13.2. The summed E-state index contributed by atoms with van der Waals surface area (Å²) in [4.78, 5) is 39.8. The SMILES string of the molecule is COCCn1c(SC(C)c2nc3ccccc3c(=O)[nH]2)nc2sc(C)c(C)c2c1=O. The molecule has 0 saturated carbocycles. The summed E-state index contributed by atoms with van der Waals surface area (Å²) in [6.07, 6.45) is 0. The first-order valence-corrected chi connectivity index (χ1v) is 11.3. The fourth-order valence-corrected chi connectivity index (χ4v) is 5.35. The predicted molar refractivity (Wildman–Crippen MR) is 122 cm³/mol. The summed E-state index contributed by atoms with van der Waals surface area (Å²) < 4.78 is 6.86. The minimum absolute atomic E-state index is 0.0615. The zero-order valence-electron chi connectivity index (χ0n) is 17.2. The molecule has 0 spiro atoms. The van der Waals surface area contributed by atoms with Crippen molar-refractivity contribution < 1.29 is 4.74 Å². The van der Waals surface area contributed by atoms with Crippen LogP contribution in [0, 0.1) is 13.8 Å². The van der Waals surface area contributed by atoms with Gasteiger partial charge in [0, 0.05) is 12.0 Å². The largest absolute Gasteiger partial charge is 0.383 e. The Balaban J connectivity index is 1.79. The number of thioether (sulfide) groups is 1. The Morgan fingerprint density at radius 2 is 2.00 bits per heavy atom. The number of thiophene rings is 1. The third-order valence-corrected chi connectivity index (χ3v) is 7.27. The van der Waals surface area contributed by atoms with Crippen LogP contribution in [-0.2, 0) is 11.3 Å². The second-order valence-corrected chi connectivity index (χ2v) is 9.55. The quantitative estimate of drug-likeness (QED) is 0.361. The Labute approximate surface area is 181 Å². The van der Waals surface area contributed by atoms with E-state index in [2.05, 4.69) is 9.97 Å². The van der Waals surface area contributed by atoms with Crippen LogP contribution in [0.5, 0.6) is 0 Å². The van der Waals surface area contributed by atoms with Crippen molar-refractivity contribution in [3.05, 3.63) is 61.2 Å². The third-order valence-electron chi connectivity index (χ3n) is 5.07. The number of para-hydroxylation sites is 1. The summed E-state index contributed by atoms with van der Waals surface area (Å²) in [5.41, 5.74) is 1.39. The summed E-state index contributed by atoms with van der Waals surface area (Å²) in [5, 5.41) is 1.61. The highest BCUT2D eigenvalue weighted by Crippen LogP contribution is 2.34. The summed E-state index contributed by atoms with van der Waals surface area (Å²) in [6, 6.07) is 7.25. The molecule has 1 unspecified atom stereocenters. The first-order chi connectivity index (χ1) is 14.4. The molecule has 1 N–H and O–H groups in total. The maximum Gasteiger partial charge on any atom is 0.263 e. The normalized spacial score (nSPS) is 12.7. The summed E-state index contributed by atoms with van der Waals surface area (Å²) >= 11 is 2.93. The molecule has 4 rings (SSSR count). The molecule has 3 aromatic heterocycles. The van der Waals surface area contributed by atoms with Gasteiger partial charge >= 0.3 is 0 Å². The molecule has 1 aromatic carbocycles. The number of aryl methyl sites for hydroxylation is 2. The smallest absolute Gasteiger partial charge is 0.263 e. The third kappa shape index (κ3) is 3.68. The number of methoxy groups -OCH3 is 1. The molecule has 0 aliphatic heterocycles. The fourth-order valence-electron chi connectivity index (χ4n) is 3.29. The highest BCUT2D eigenvalue weighted by molar-refractivity contribution is 7.99. The van der Waals surface area contributed by atoms with Crippen LogP contribution in [0.4, 0.5) is 0 Å². The van der Waals surface area contributed by atoms with E-state index in [9.17, 15) is 9.59 Å². The van der Waals surface area contributed by atoms with E-state index in [0.29, 0.717) is 40.4 Å². The first-order valence-electron chi connectivity index (χ1n) is 9.55. The van der Waals surface area contributed by atoms with Crippen LogP contribution in [0.15, 0.2) is 39.0 Å². The molecule has 0 radical (unpaired) electrons. The molecule has 0 aliphatic carbocycles.